The molecular weight excluding hydrogens is 276 g/mol. The van der Waals surface area contributed by atoms with Crippen molar-refractivity contribution in [1.82, 2.24) is 19.6 Å². The highest BCUT2D eigenvalue weighted by molar-refractivity contribution is 5.79. The lowest BCUT2D eigenvalue weighted by atomic mass is 9.88. The average molecular weight is 304 g/mol. The van der Waals surface area contributed by atoms with Crippen LogP contribution in [0.25, 0.3) is 0 Å². The smallest absolute Gasteiger partial charge is 0.225 e. The van der Waals surface area contributed by atoms with Crippen molar-refractivity contribution in [2.24, 2.45) is 13.0 Å². The Kier molecular flexibility index (Phi) is 4.81. The Morgan fingerprint density at radius 2 is 1.86 bits per heavy atom. The second-order valence-electron chi connectivity index (χ2n) is 6.85. The van der Waals surface area contributed by atoms with Crippen molar-refractivity contribution in [3.8, 4) is 0 Å². The second kappa shape index (κ2) is 6.82. The predicted molar refractivity (Wildman–Crippen MR) is 86.4 cm³/mol. The highest BCUT2D eigenvalue weighted by Gasteiger charge is 2.28. The van der Waals surface area contributed by atoms with E-state index in [1.54, 1.807) is 0 Å². The third-order valence-electron chi connectivity index (χ3n) is 5.15. The summed E-state index contributed by atoms with van der Waals surface area (Å²) in [5.41, 5.74) is 2.41. The first-order chi connectivity index (χ1) is 10.6. The third-order valence-corrected chi connectivity index (χ3v) is 5.15. The van der Waals surface area contributed by atoms with Crippen molar-refractivity contribution in [2.75, 3.05) is 26.2 Å². The van der Waals surface area contributed by atoms with Crippen LogP contribution in [0.15, 0.2) is 6.20 Å². The summed E-state index contributed by atoms with van der Waals surface area (Å²) in [6.45, 7) is 6.74. The number of nitrogens with zero attached hydrogens (tertiary/aromatic N) is 4. The summed E-state index contributed by atoms with van der Waals surface area (Å²) in [5, 5.41) is 4.41. The molecular formula is C17H28N4O. The summed E-state index contributed by atoms with van der Waals surface area (Å²) in [4.78, 5) is 17.1. The van der Waals surface area contributed by atoms with Gasteiger partial charge in [-0.05, 0) is 19.8 Å². The van der Waals surface area contributed by atoms with E-state index in [0.717, 1.165) is 51.3 Å². The lowest BCUT2D eigenvalue weighted by Gasteiger charge is -2.37. The van der Waals surface area contributed by atoms with Gasteiger partial charge in [0.2, 0.25) is 5.91 Å². The minimum atomic E-state index is 0.306. The van der Waals surface area contributed by atoms with Gasteiger partial charge in [0.25, 0.3) is 0 Å². The van der Waals surface area contributed by atoms with E-state index < -0.39 is 0 Å². The quantitative estimate of drug-likeness (QED) is 0.857. The van der Waals surface area contributed by atoms with Crippen LogP contribution in [0.1, 0.15) is 43.4 Å². The van der Waals surface area contributed by atoms with E-state index in [9.17, 15) is 4.79 Å². The van der Waals surface area contributed by atoms with Gasteiger partial charge in [-0.1, -0.05) is 19.3 Å². The van der Waals surface area contributed by atoms with Crippen molar-refractivity contribution in [3.63, 3.8) is 0 Å². The van der Waals surface area contributed by atoms with Gasteiger partial charge in [-0.3, -0.25) is 14.4 Å². The number of carbonyl (C=O) groups is 1. The lowest BCUT2D eigenvalue weighted by Crippen LogP contribution is -2.50. The summed E-state index contributed by atoms with van der Waals surface area (Å²) in [6, 6.07) is 0. The standard InChI is InChI=1S/C17H28N4O/c1-14-16(12-19(2)18-14)13-20-8-10-21(11-9-20)17(22)15-6-4-3-5-7-15/h12,15H,3-11,13H2,1-2H3. The van der Waals surface area contributed by atoms with Crippen molar-refractivity contribution < 1.29 is 4.79 Å². The molecule has 1 aromatic rings. The summed E-state index contributed by atoms with van der Waals surface area (Å²) in [7, 11) is 1.97. The fourth-order valence-electron chi connectivity index (χ4n) is 3.78. The molecule has 1 amide bonds. The third kappa shape index (κ3) is 3.51. The number of rotatable bonds is 3. The first-order valence-corrected chi connectivity index (χ1v) is 8.64. The Morgan fingerprint density at radius 1 is 1.18 bits per heavy atom. The molecule has 1 aliphatic heterocycles. The number of piperazine rings is 1. The maximum atomic E-state index is 12.6. The Bertz CT molecular complexity index is 511. The largest absolute Gasteiger partial charge is 0.340 e. The van der Waals surface area contributed by atoms with Crippen molar-refractivity contribution in [3.05, 3.63) is 17.5 Å². The van der Waals surface area contributed by atoms with E-state index in [0.29, 0.717) is 11.8 Å². The van der Waals surface area contributed by atoms with Crippen molar-refractivity contribution >= 4 is 5.91 Å². The van der Waals surface area contributed by atoms with E-state index in [4.69, 9.17) is 0 Å². The fourth-order valence-corrected chi connectivity index (χ4v) is 3.78. The molecule has 2 fully saturated rings. The molecule has 0 spiro atoms. The lowest BCUT2D eigenvalue weighted by molar-refractivity contribution is -0.138. The van der Waals surface area contributed by atoms with Crippen LogP contribution in [0.4, 0.5) is 0 Å². The zero-order valence-electron chi connectivity index (χ0n) is 13.9. The van der Waals surface area contributed by atoms with Gasteiger partial charge in [0.1, 0.15) is 0 Å². The van der Waals surface area contributed by atoms with Gasteiger partial charge in [0, 0.05) is 57.4 Å². The molecule has 1 aromatic heterocycles. The predicted octanol–water partition coefficient (Wildman–Crippen LogP) is 1.95. The van der Waals surface area contributed by atoms with Gasteiger partial charge in [-0.15, -0.1) is 0 Å². The molecule has 5 heteroatoms. The van der Waals surface area contributed by atoms with Crippen LogP contribution in [-0.4, -0.2) is 51.7 Å². The molecule has 0 bridgehead atoms. The molecule has 3 rings (SSSR count). The molecule has 22 heavy (non-hydrogen) atoms. The normalized spacial score (nSPS) is 21.3. The van der Waals surface area contributed by atoms with E-state index in [-0.39, 0.29) is 0 Å². The molecule has 2 aliphatic rings. The van der Waals surface area contributed by atoms with E-state index >= 15 is 0 Å². The van der Waals surface area contributed by atoms with Gasteiger partial charge in [-0.2, -0.15) is 5.10 Å². The van der Waals surface area contributed by atoms with Crippen LogP contribution < -0.4 is 0 Å². The highest BCUT2D eigenvalue weighted by atomic mass is 16.2. The Balaban J connectivity index is 1.49. The molecule has 0 atom stereocenters. The molecule has 5 nitrogen and oxygen atoms in total. The van der Waals surface area contributed by atoms with Gasteiger partial charge in [0.05, 0.1) is 5.69 Å². The Hall–Kier alpha value is -1.36. The number of carbonyl (C=O) groups excluding carboxylic acids is 1. The van der Waals surface area contributed by atoms with Crippen LogP contribution in [0.5, 0.6) is 0 Å². The average Bonchev–Trinajstić information content (AvgIpc) is 2.86. The van der Waals surface area contributed by atoms with Crippen LogP contribution in [0.3, 0.4) is 0 Å². The minimum Gasteiger partial charge on any atom is -0.340 e. The monoisotopic (exact) mass is 304 g/mol. The Labute approximate surface area is 133 Å². The number of amides is 1. The molecule has 1 aliphatic carbocycles. The molecule has 0 unspecified atom stereocenters. The van der Waals surface area contributed by atoms with Crippen molar-refractivity contribution in [2.45, 2.75) is 45.6 Å². The molecule has 122 valence electrons. The molecule has 1 saturated heterocycles. The second-order valence-corrected chi connectivity index (χ2v) is 6.85. The fraction of sp³-hybridized carbons (Fsp3) is 0.765. The van der Waals surface area contributed by atoms with Crippen LogP contribution in [0, 0.1) is 12.8 Å². The molecule has 0 radical (unpaired) electrons. The number of hydrogen-bond donors (Lipinski definition) is 0. The summed E-state index contributed by atoms with van der Waals surface area (Å²) in [5.74, 6) is 0.720. The molecule has 2 heterocycles. The first-order valence-electron chi connectivity index (χ1n) is 8.64. The zero-order chi connectivity index (χ0) is 15.5. The number of aromatic nitrogens is 2. The topological polar surface area (TPSA) is 41.4 Å². The van der Waals surface area contributed by atoms with Gasteiger partial charge in [-0.25, -0.2) is 0 Å². The van der Waals surface area contributed by atoms with Crippen molar-refractivity contribution in [1.29, 1.82) is 0 Å². The van der Waals surface area contributed by atoms with E-state index in [2.05, 4.69) is 28.0 Å². The summed E-state index contributed by atoms with van der Waals surface area (Å²) in [6.07, 6.45) is 8.09. The number of hydrogen-bond acceptors (Lipinski definition) is 3. The number of aryl methyl sites for hydroxylation is 2. The zero-order valence-corrected chi connectivity index (χ0v) is 13.9. The molecule has 0 aromatic carbocycles. The van der Waals surface area contributed by atoms with Crippen LogP contribution in [-0.2, 0) is 18.4 Å². The maximum Gasteiger partial charge on any atom is 0.225 e. The maximum absolute atomic E-state index is 12.6. The molecule has 0 N–H and O–H groups in total. The van der Waals surface area contributed by atoms with E-state index in [1.807, 2.05) is 11.7 Å². The van der Waals surface area contributed by atoms with Crippen LogP contribution in [0.2, 0.25) is 0 Å². The van der Waals surface area contributed by atoms with Gasteiger partial charge in [0.15, 0.2) is 0 Å². The van der Waals surface area contributed by atoms with Gasteiger partial charge < -0.3 is 4.90 Å². The summed E-state index contributed by atoms with van der Waals surface area (Å²) >= 11 is 0. The minimum absolute atomic E-state index is 0.306. The first kappa shape index (κ1) is 15.5. The van der Waals surface area contributed by atoms with Gasteiger partial charge >= 0.3 is 0 Å². The summed E-state index contributed by atoms with van der Waals surface area (Å²) < 4.78 is 1.88. The van der Waals surface area contributed by atoms with Crippen LogP contribution >= 0.6 is 0 Å². The Morgan fingerprint density at radius 3 is 2.45 bits per heavy atom. The molecule has 1 saturated carbocycles. The SMILES string of the molecule is Cc1nn(C)cc1CN1CCN(C(=O)C2CCCCC2)CC1. The highest BCUT2D eigenvalue weighted by Crippen LogP contribution is 2.26. The van der Waals surface area contributed by atoms with E-state index in [1.165, 1.54) is 24.8 Å².